The van der Waals surface area contributed by atoms with Crippen molar-refractivity contribution < 1.29 is 16.4 Å². The Bertz CT molecular complexity index is 2570. The number of benzene rings is 5. The van der Waals surface area contributed by atoms with Crippen LogP contribution >= 0.6 is 0 Å². The average Bonchev–Trinajstić information content (AvgIpc) is 3.57. The van der Waals surface area contributed by atoms with Gasteiger partial charge in [0.15, 0.2) is 0 Å². The standard InChI is InChI=1S/C36H26N4/c1-21-5-10-31-26(15-21)27-16-22(2)6-11-32(27)39(31)35-14-9-25(19-37)36(30(35)20-38)40-33-12-7-23(3)17-28(33)29-18-24(4)8-13-34(29)40/h5-18H,1-4H3/i1D3,2D3,3D3,4D3. The van der Waals surface area contributed by atoms with Crippen LogP contribution in [-0.4, -0.2) is 9.13 Å². The fraction of sp³-hybridized carbons (Fsp3) is 0.111. The Kier molecular flexibility index (Phi) is 3.05. The van der Waals surface area contributed by atoms with Gasteiger partial charge in [0.2, 0.25) is 0 Å². The van der Waals surface area contributed by atoms with Crippen LogP contribution in [0.15, 0.2) is 84.9 Å². The van der Waals surface area contributed by atoms with Crippen molar-refractivity contribution in [3.8, 4) is 23.5 Å². The van der Waals surface area contributed by atoms with Crippen molar-refractivity contribution in [1.29, 1.82) is 10.5 Å². The molecule has 190 valence electrons. The van der Waals surface area contributed by atoms with Crippen molar-refractivity contribution in [1.82, 2.24) is 9.13 Å². The van der Waals surface area contributed by atoms with Crippen LogP contribution in [0.25, 0.3) is 55.0 Å². The Balaban J connectivity index is 1.62. The smallest absolute Gasteiger partial charge is 0.104 e. The molecule has 7 aromatic rings. The van der Waals surface area contributed by atoms with Gasteiger partial charge in [0.25, 0.3) is 0 Å². The maximum atomic E-state index is 10.9. The number of hydrogen-bond acceptors (Lipinski definition) is 2. The Morgan fingerprint density at radius 1 is 0.525 bits per heavy atom. The summed E-state index contributed by atoms with van der Waals surface area (Å²) in [5.41, 5.74) is 2.48. The largest absolute Gasteiger partial charge is 0.308 e. The monoisotopic (exact) mass is 526 g/mol. The summed E-state index contributed by atoms with van der Waals surface area (Å²) in [5.74, 6) is 0. The minimum Gasteiger partial charge on any atom is -0.308 e. The summed E-state index contributed by atoms with van der Waals surface area (Å²) in [5, 5.41) is 23.0. The van der Waals surface area contributed by atoms with Gasteiger partial charge in [0.1, 0.15) is 17.7 Å². The van der Waals surface area contributed by atoms with Crippen LogP contribution < -0.4 is 0 Å². The lowest BCUT2D eigenvalue weighted by molar-refractivity contribution is 1.11. The molecule has 0 atom stereocenters. The van der Waals surface area contributed by atoms with E-state index in [0.29, 0.717) is 49.3 Å². The molecule has 2 heterocycles. The van der Waals surface area contributed by atoms with E-state index in [9.17, 15) is 10.5 Å². The summed E-state index contributed by atoms with van der Waals surface area (Å²) in [6.07, 6.45) is 0. The van der Waals surface area contributed by atoms with Gasteiger partial charge in [-0.15, -0.1) is 0 Å². The van der Waals surface area contributed by atoms with Gasteiger partial charge >= 0.3 is 0 Å². The molecule has 0 unspecified atom stereocenters. The normalized spacial score (nSPS) is 17.1. The summed E-state index contributed by atoms with van der Waals surface area (Å²) < 4.78 is 99.5. The number of rotatable bonds is 2. The summed E-state index contributed by atoms with van der Waals surface area (Å²) in [4.78, 5) is 0. The minimum absolute atomic E-state index is 0.0197. The third-order valence-corrected chi connectivity index (χ3v) is 7.38. The molecule has 4 nitrogen and oxygen atoms in total. The lowest BCUT2D eigenvalue weighted by Gasteiger charge is -2.17. The minimum atomic E-state index is -2.48. The lowest BCUT2D eigenvalue weighted by atomic mass is 10.0. The van der Waals surface area contributed by atoms with Crippen LogP contribution in [0.5, 0.6) is 0 Å². The molecule has 0 bridgehead atoms. The number of nitriles is 2. The van der Waals surface area contributed by atoms with E-state index < -0.39 is 27.4 Å². The topological polar surface area (TPSA) is 57.4 Å². The molecule has 2 aromatic heterocycles. The predicted octanol–water partition coefficient (Wildman–Crippen LogP) is 8.86. The molecule has 0 amide bonds. The Morgan fingerprint density at radius 3 is 1.32 bits per heavy atom. The molecule has 5 aromatic carbocycles. The first kappa shape index (κ1) is 14.2. The molecule has 0 saturated heterocycles. The van der Waals surface area contributed by atoms with Crippen molar-refractivity contribution in [3.05, 3.63) is 118 Å². The molecule has 0 saturated carbocycles. The van der Waals surface area contributed by atoms with Gasteiger partial charge < -0.3 is 9.13 Å². The first-order valence-corrected chi connectivity index (χ1v) is 12.4. The van der Waals surface area contributed by atoms with E-state index in [-0.39, 0.29) is 39.1 Å². The van der Waals surface area contributed by atoms with Crippen LogP contribution in [0.3, 0.4) is 0 Å². The molecule has 0 fully saturated rings. The quantitative estimate of drug-likeness (QED) is 0.226. The van der Waals surface area contributed by atoms with Crippen LogP contribution in [0.2, 0.25) is 0 Å². The fourth-order valence-electron chi connectivity index (χ4n) is 5.75. The highest BCUT2D eigenvalue weighted by molar-refractivity contribution is 6.11. The molecular weight excluding hydrogens is 488 g/mol. The van der Waals surface area contributed by atoms with Gasteiger partial charge in [-0.1, -0.05) is 46.5 Å². The van der Waals surface area contributed by atoms with Crippen molar-refractivity contribution in [2.24, 2.45) is 0 Å². The predicted molar refractivity (Wildman–Crippen MR) is 163 cm³/mol. The van der Waals surface area contributed by atoms with Gasteiger partial charge in [-0.05, 0) is 88.1 Å². The first-order valence-electron chi connectivity index (χ1n) is 18.4. The van der Waals surface area contributed by atoms with Gasteiger partial charge in [-0.25, -0.2) is 0 Å². The molecule has 40 heavy (non-hydrogen) atoms. The van der Waals surface area contributed by atoms with E-state index in [2.05, 4.69) is 12.1 Å². The summed E-state index contributed by atoms with van der Waals surface area (Å²) >= 11 is 0. The fourth-order valence-corrected chi connectivity index (χ4v) is 5.75. The van der Waals surface area contributed by atoms with Crippen molar-refractivity contribution in [3.63, 3.8) is 0 Å². The van der Waals surface area contributed by atoms with E-state index in [1.54, 1.807) is 39.5 Å². The van der Waals surface area contributed by atoms with E-state index in [0.717, 1.165) is 0 Å². The second-order valence-corrected chi connectivity index (χ2v) is 9.68. The first-order chi connectivity index (χ1) is 24.2. The summed E-state index contributed by atoms with van der Waals surface area (Å²) in [6.45, 7) is -9.87. The SMILES string of the molecule is [2H]C([2H])([2H])c1ccc2c(c1)c1cc(C([2H])([2H])[2H])ccc1n2-c1ccc(C#N)c(-n2c3ccc(C([2H])([2H])[2H])cc3c3cc(C([2H])([2H])[2H])ccc32)c1C#N. The number of fused-ring (bicyclic) bond motifs is 6. The molecule has 7 rings (SSSR count). The van der Waals surface area contributed by atoms with Gasteiger partial charge in [0, 0.05) is 38.0 Å². The second kappa shape index (κ2) is 8.60. The molecule has 0 aliphatic heterocycles. The van der Waals surface area contributed by atoms with Crippen molar-refractivity contribution in [2.75, 3.05) is 0 Å². The van der Waals surface area contributed by atoms with Gasteiger partial charge in [-0.2, -0.15) is 10.5 Å². The van der Waals surface area contributed by atoms with Gasteiger partial charge in [0.05, 0.1) is 39.0 Å². The average molecular weight is 527 g/mol. The van der Waals surface area contributed by atoms with E-state index in [4.69, 9.17) is 16.4 Å². The second-order valence-electron chi connectivity index (χ2n) is 9.68. The zero-order chi connectivity index (χ0) is 37.7. The zero-order valence-electron chi connectivity index (χ0n) is 32.9. The molecule has 0 N–H and O–H groups in total. The van der Waals surface area contributed by atoms with E-state index in [1.165, 1.54) is 54.6 Å². The third-order valence-electron chi connectivity index (χ3n) is 7.38. The summed E-state index contributed by atoms with van der Waals surface area (Å²) in [7, 11) is 0. The molecule has 0 spiro atoms. The van der Waals surface area contributed by atoms with Crippen molar-refractivity contribution >= 4 is 43.6 Å². The molecule has 0 radical (unpaired) electrons. The van der Waals surface area contributed by atoms with Gasteiger partial charge in [-0.3, -0.25) is 0 Å². The maximum absolute atomic E-state index is 10.9. The van der Waals surface area contributed by atoms with Crippen LogP contribution in [0.1, 0.15) is 49.8 Å². The van der Waals surface area contributed by atoms with E-state index >= 15 is 0 Å². The Labute approximate surface area is 249 Å². The van der Waals surface area contributed by atoms with Crippen LogP contribution in [0.4, 0.5) is 0 Å². The number of aryl methyl sites for hydroxylation is 4. The van der Waals surface area contributed by atoms with Crippen LogP contribution in [0, 0.1) is 50.1 Å². The van der Waals surface area contributed by atoms with E-state index in [1.807, 2.05) is 0 Å². The Hall–Kier alpha value is -5.32. The molecule has 0 aliphatic rings. The highest BCUT2D eigenvalue weighted by Gasteiger charge is 2.23. The third kappa shape index (κ3) is 3.30. The number of aromatic nitrogens is 2. The van der Waals surface area contributed by atoms with Crippen LogP contribution in [-0.2, 0) is 0 Å². The molecule has 4 heteroatoms. The highest BCUT2D eigenvalue weighted by Crippen LogP contribution is 2.39. The maximum Gasteiger partial charge on any atom is 0.104 e. The molecule has 0 aliphatic carbocycles. The molecular formula is C36H26N4. The zero-order valence-corrected chi connectivity index (χ0v) is 20.9. The summed E-state index contributed by atoms with van der Waals surface area (Å²) in [6, 6.07) is 25.5. The highest BCUT2D eigenvalue weighted by atomic mass is 15.0. The number of hydrogen-bond donors (Lipinski definition) is 0. The van der Waals surface area contributed by atoms with Crippen molar-refractivity contribution in [2.45, 2.75) is 27.4 Å². The number of nitrogens with zero attached hydrogens (tertiary/aromatic N) is 4. The lowest BCUT2D eigenvalue weighted by Crippen LogP contribution is -2.06. The Morgan fingerprint density at radius 2 is 0.950 bits per heavy atom.